The van der Waals surface area contributed by atoms with Crippen LogP contribution in [0.3, 0.4) is 0 Å². The number of alkyl halides is 3. The fraction of sp³-hybridized carbons (Fsp3) is 0.278. The maximum Gasteiger partial charge on any atom is 0.416 e. The van der Waals surface area contributed by atoms with Crippen molar-refractivity contribution in [3.8, 4) is 0 Å². The second-order valence-electron chi connectivity index (χ2n) is 5.79. The summed E-state index contributed by atoms with van der Waals surface area (Å²) in [4.78, 5) is 13.7. The van der Waals surface area contributed by atoms with Crippen molar-refractivity contribution in [2.45, 2.75) is 17.5 Å². The minimum atomic E-state index is -4.46. The zero-order valence-corrected chi connectivity index (χ0v) is 14.8. The number of halogens is 3. The van der Waals surface area contributed by atoms with Gasteiger partial charge in [0.1, 0.15) is 0 Å². The van der Waals surface area contributed by atoms with E-state index in [1.165, 1.54) is 24.1 Å². The van der Waals surface area contributed by atoms with E-state index in [0.717, 1.165) is 24.3 Å². The first-order chi connectivity index (χ1) is 12.1. The van der Waals surface area contributed by atoms with Gasteiger partial charge in [0.25, 0.3) is 5.91 Å². The largest absolute Gasteiger partial charge is 0.416 e. The van der Waals surface area contributed by atoms with Gasteiger partial charge in [-0.2, -0.15) is 13.2 Å². The van der Waals surface area contributed by atoms with E-state index in [9.17, 15) is 26.4 Å². The van der Waals surface area contributed by atoms with Crippen LogP contribution >= 0.6 is 0 Å². The molecule has 2 aromatic carbocycles. The first-order valence-corrected chi connectivity index (χ1v) is 9.47. The molecular formula is C18H18F3NO3S. The molecule has 0 fully saturated rings. The summed E-state index contributed by atoms with van der Waals surface area (Å²) in [5.41, 5.74) is -0.711. The molecule has 2 rings (SSSR count). The molecule has 0 heterocycles. The Bertz CT molecular complexity index is 848. The van der Waals surface area contributed by atoms with Crippen molar-refractivity contribution in [1.29, 1.82) is 0 Å². The molecule has 0 aliphatic carbocycles. The molecule has 0 saturated heterocycles. The van der Waals surface area contributed by atoms with Gasteiger partial charge in [-0.05, 0) is 42.8 Å². The van der Waals surface area contributed by atoms with Crippen LogP contribution < -0.4 is 0 Å². The number of nitrogens with zero attached hydrogens (tertiary/aromatic N) is 1. The minimum absolute atomic E-state index is 0.117. The quantitative estimate of drug-likeness (QED) is 0.763. The Morgan fingerprint density at radius 3 is 2.12 bits per heavy atom. The molecule has 26 heavy (non-hydrogen) atoms. The van der Waals surface area contributed by atoms with Crippen LogP contribution in [0.15, 0.2) is 59.5 Å². The van der Waals surface area contributed by atoms with Crippen molar-refractivity contribution in [2.24, 2.45) is 0 Å². The first kappa shape index (κ1) is 20.0. The molecule has 0 atom stereocenters. The summed E-state index contributed by atoms with van der Waals surface area (Å²) >= 11 is 0. The number of hydrogen-bond acceptors (Lipinski definition) is 3. The lowest BCUT2D eigenvalue weighted by Crippen LogP contribution is -2.29. The van der Waals surface area contributed by atoms with E-state index in [0.29, 0.717) is 0 Å². The van der Waals surface area contributed by atoms with Gasteiger partial charge in [-0.15, -0.1) is 0 Å². The molecule has 0 aromatic heterocycles. The van der Waals surface area contributed by atoms with E-state index in [1.54, 1.807) is 18.2 Å². The predicted molar refractivity (Wildman–Crippen MR) is 91.5 cm³/mol. The SMILES string of the molecule is CN(CCCS(=O)(=O)c1ccccc1)C(=O)c1ccc(C(F)(F)F)cc1. The number of carbonyl (C=O) groups is 1. The Morgan fingerprint density at radius 2 is 1.58 bits per heavy atom. The third-order valence-corrected chi connectivity index (χ3v) is 5.63. The lowest BCUT2D eigenvalue weighted by Gasteiger charge is -2.17. The summed E-state index contributed by atoms with van der Waals surface area (Å²) < 4.78 is 62.0. The maximum atomic E-state index is 12.5. The molecule has 0 bridgehead atoms. The molecule has 0 spiro atoms. The summed E-state index contributed by atoms with van der Waals surface area (Å²) in [5.74, 6) is -0.586. The summed E-state index contributed by atoms with van der Waals surface area (Å²) in [6.45, 7) is 0.173. The van der Waals surface area contributed by atoms with Gasteiger partial charge in [0.05, 0.1) is 16.2 Å². The number of sulfone groups is 1. The highest BCUT2D eigenvalue weighted by molar-refractivity contribution is 7.91. The lowest BCUT2D eigenvalue weighted by atomic mass is 10.1. The standard InChI is InChI=1S/C18H18F3NO3S/c1-22(12-5-13-26(24,25)16-6-3-2-4-7-16)17(23)14-8-10-15(11-9-14)18(19,20)21/h2-4,6-11H,5,12-13H2,1H3. The van der Waals surface area contributed by atoms with Crippen LogP contribution in [0.2, 0.25) is 0 Å². The lowest BCUT2D eigenvalue weighted by molar-refractivity contribution is -0.137. The molecule has 0 aliphatic rings. The van der Waals surface area contributed by atoms with Gasteiger partial charge < -0.3 is 4.90 Å². The van der Waals surface area contributed by atoms with Crippen LogP contribution in [-0.2, 0) is 16.0 Å². The number of hydrogen-bond donors (Lipinski definition) is 0. The molecule has 8 heteroatoms. The molecule has 0 saturated carbocycles. The van der Waals surface area contributed by atoms with Gasteiger partial charge in [0, 0.05) is 19.2 Å². The molecule has 0 N–H and O–H groups in total. The molecule has 0 aliphatic heterocycles. The van der Waals surface area contributed by atoms with Crippen molar-refractivity contribution >= 4 is 15.7 Å². The first-order valence-electron chi connectivity index (χ1n) is 7.82. The summed E-state index contributed by atoms with van der Waals surface area (Å²) in [6, 6.07) is 11.9. The van der Waals surface area contributed by atoms with E-state index in [-0.39, 0.29) is 29.2 Å². The van der Waals surface area contributed by atoms with Gasteiger partial charge in [-0.1, -0.05) is 18.2 Å². The molecular weight excluding hydrogens is 367 g/mol. The van der Waals surface area contributed by atoms with Gasteiger partial charge in [0.2, 0.25) is 0 Å². The summed E-state index contributed by atoms with van der Waals surface area (Å²) in [7, 11) is -1.95. The molecule has 140 valence electrons. The van der Waals surface area contributed by atoms with Crippen LogP contribution in [0.5, 0.6) is 0 Å². The average Bonchev–Trinajstić information content (AvgIpc) is 2.61. The average molecular weight is 385 g/mol. The second-order valence-corrected chi connectivity index (χ2v) is 7.90. The van der Waals surface area contributed by atoms with Gasteiger partial charge in [0.15, 0.2) is 9.84 Å². The van der Waals surface area contributed by atoms with Crippen LogP contribution in [0.1, 0.15) is 22.3 Å². The molecule has 1 amide bonds. The van der Waals surface area contributed by atoms with Crippen LogP contribution in [0.25, 0.3) is 0 Å². The van der Waals surface area contributed by atoms with E-state index in [4.69, 9.17) is 0 Å². The molecule has 2 aromatic rings. The Kier molecular flexibility index (Phi) is 6.07. The van der Waals surface area contributed by atoms with Crippen molar-refractivity contribution in [3.63, 3.8) is 0 Å². The topological polar surface area (TPSA) is 54.5 Å². The van der Waals surface area contributed by atoms with Gasteiger partial charge in [-0.3, -0.25) is 4.79 Å². The third kappa shape index (κ3) is 5.08. The summed E-state index contributed by atoms with van der Waals surface area (Å²) in [6.07, 6.45) is -4.24. The zero-order chi connectivity index (χ0) is 19.4. The van der Waals surface area contributed by atoms with Crippen molar-refractivity contribution in [2.75, 3.05) is 19.3 Å². The second kappa shape index (κ2) is 7.90. The van der Waals surface area contributed by atoms with Crippen LogP contribution in [0.4, 0.5) is 13.2 Å². The molecule has 4 nitrogen and oxygen atoms in total. The van der Waals surface area contributed by atoms with Crippen molar-refractivity contribution in [1.82, 2.24) is 4.90 Å². The fourth-order valence-corrected chi connectivity index (χ4v) is 3.68. The van der Waals surface area contributed by atoms with Crippen LogP contribution in [-0.4, -0.2) is 38.6 Å². The number of carbonyl (C=O) groups excluding carboxylic acids is 1. The molecule has 0 unspecified atom stereocenters. The maximum absolute atomic E-state index is 12.5. The smallest absolute Gasteiger partial charge is 0.342 e. The Balaban J connectivity index is 1.93. The number of benzene rings is 2. The number of amides is 1. The third-order valence-electron chi connectivity index (χ3n) is 3.81. The minimum Gasteiger partial charge on any atom is -0.342 e. The van der Waals surface area contributed by atoms with E-state index < -0.39 is 27.5 Å². The zero-order valence-electron chi connectivity index (χ0n) is 14.0. The van der Waals surface area contributed by atoms with Crippen molar-refractivity contribution in [3.05, 3.63) is 65.7 Å². The highest BCUT2D eigenvalue weighted by atomic mass is 32.2. The Hall–Kier alpha value is -2.35. The van der Waals surface area contributed by atoms with Crippen LogP contribution in [0, 0.1) is 0 Å². The monoisotopic (exact) mass is 385 g/mol. The van der Waals surface area contributed by atoms with Gasteiger partial charge in [-0.25, -0.2) is 8.42 Å². The van der Waals surface area contributed by atoms with Gasteiger partial charge >= 0.3 is 6.18 Å². The predicted octanol–water partition coefficient (Wildman–Crippen LogP) is 3.64. The number of rotatable bonds is 6. The Labute approximate surface area is 150 Å². The van der Waals surface area contributed by atoms with E-state index in [2.05, 4.69) is 0 Å². The van der Waals surface area contributed by atoms with E-state index >= 15 is 0 Å². The highest BCUT2D eigenvalue weighted by Gasteiger charge is 2.30. The highest BCUT2D eigenvalue weighted by Crippen LogP contribution is 2.29. The molecule has 0 radical (unpaired) electrons. The summed E-state index contributed by atoms with van der Waals surface area (Å²) in [5, 5.41) is 0. The normalized spacial score (nSPS) is 12.0. The van der Waals surface area contributed by atoms with Crippen molar-refractivity contribution < 1.29 is 26.4 Å². The van der Waals surface area contributed by atoms with E-state index in [1.807, 2.05) is 0 Å². The fourth-order valence-electron chi connectivity index (χ4n) is 2.36. The Morgan fingerprint density at radius 1 is 1.00 bits per heavy atom.